The number of ether oxygens (including phenoxy) is 2. The van der Waals surface area contributed by atoms with Gasteiger partial charge in [-0.25, -0.2) is 9.97 Å². The van der Waals surface area contributed by atoms with Crippen molar-refractivity contribution in [3.8, 4) is 0 Å². The summed E-state index contributed by atoms with van der Waals surface area (Å²) >= 11 is 0. The molecule has 0 bridgehead atoms. The summed E-state index contributed by atoms with van der Waals surface area (Å²) in [5.74, 6) is 1.79. The topological polar surface area (TPSA) is 59.5 Å². The van der Waals surface area contributed by atoms with Gasteiger partial charge in [0.05, 0.1) is 25.9 Å². The molecule has 0 spiro atoms. The first-order valence-electron chi connectivity index (χ1n) is 9.35. The molecule has 2 fully saturated rings. The lowest BCUT2D eigenvalue weighted by Crippen LogP contribution is -2.29. The number of nitrogens with zero attached hydrogens (tertiary/aromatic N) is 3. The molecule has 0 saturated carbocycles. The quantitative estimate of drug-likeness (QED) is 0.732. The van der Waals surface area contributed by atoms with E-state index in [0.717, 1.165) is 39.4 Å². The molecule has 2 saturated heterocycles. The highest BCUT2D eigenvalue weighted by Crippen LogP contribution is 2.33. The summed E-state index contributed by atoms with van der Waals surface area (Å²) in [6.45, 7) is 6.19. The van der Waals surface area contributed by atoms with E-state index >= 15 is 0 Å². The maximum absolute atomic E-state index is 6.02. The summed E-state index contributed by atoms with van der Waals surface area (Å²) in [6, 6.07) is 12.2. The number of likely N-dealkylation sites (tertiary alicyclic amines) is 1. The number of rotatable bonds is 8. The minimum absolute atomic E-state index is 0.354. The van der Waals surface area contributed by atoms with E-state index in [2.05, 4.69) is 32.3 Å². The first-order valence-corrected chi connectivity index (χ1v) is 9.35. The van der Waals surface area contributed by atoms with Gasteiger partial charge in [-0.2, -0.15) is 0 Å². The molecule has 0 unspecified atom stereocenters. The van der Waals surface area contributed by atoms with Crippen LogP contribution in [0.5, 0.6) is 0 Å². The number of anilines is 1. The first kappa shape index (κ1) is 17.4. The van der Waals surface area contributed by atoms with Crippen molar-refractivity contribution >= 4 is 5.95 Å². The molecule has 0 aliphatic carbocycles. The van der Waals surface area contributed by atoms with Gasteiger partial charge < -0.3 is 14.8 Å². The van der Waals surface area contributed by atoms with Crippen molar-refractivity contribution in [1.29, 1.82) is 0 Å². The lowest BCUT2D eigenvalue weighted by molar-refractivity contribution is 0.0746. The maximum Gasteiger partial charge on any atom is 0.222 e. The molecule has 138 valence electrons. The minimum atomic E-state index is 0.354. The van der Waals surface area contributed by atoms with Crippen molar-refractivity contribution in [1.82, 2.24) is 14.9 Å². The summed E-state index contributed by atoms with van der Waals surface area (Å²) in [4.78, 5) is 10.9. The van der Waals surface area contributed by atoms with Gasteiger partial charge in [0.2, 0.25) is 5.95 Å². The molecular formula is C20H26N4O2. The lowest BCUT2D eigenvalue weighted by Gasteiger charge is -2.20. The van der Waals surface area contributed by atoms with E-state index in [-0.39, 0.29) is 0 Å². The van der Waals surface area contributed by atoms with Crippen LogP contribution in [0.4, 0.5) is 5.95 Å². The van der Waals surface area contributed by atoms with Crippen molar-refractivity contribution in [3.63, 3.8) is 0 Å². The minimum Gasteiger partial charge on any atom is -0.376 e. The molecular weight excluding hydrogens is 328 g/mol. The maximum atomic E-state index is 6.02. The Labute approximate surface area is 154 Å². The lowest BCUT2D eigenvalue weighted by atomic mass is 9.93. The highest BCUT2D eigenvalue weighted by Gasteiger charge is 2.43. The number of benzene rings is 1. The van der Waals surface area contributed by atoms with Crippen LogP contribution in [0.15, 0.2) is 48.8 Å². The predicted octanol–water partition coefficient (Wildman–Crippen LogP) is 2.05. The van der Waals surface area contributed by atoms with E-state index < -0.39 is 0 Å². The summed E-state index contributed by atoms with van der Waals surface area (Å²) in [5.41, 5.74) is 1.23. The average Bonchev–Trinajstić information content (AvgIpc) is 3.26. The fourth-order valence-electron chi connectivity index (χ4n) is 3.84. The van der Waals surface area contributed by atoms with Gasteiger partial charge in [-0.3, -0.25) is 4.90 Å². The smallest absolute Gasteiger partial charge is 0.222 e. The molecule has 6 heteroatoms. The predicted molar refractivity (Wildman–Crippen MR) is 99.8 cm³/mol. The second-order valence-electron chi connectivity index (χ2n) is 7.05. The van der Waals surface area contributed by atoms with Crippen LogP contribution in [0.25, 0.3) is 0 Å². The molecule has 2 aliphatic heterocycles. The second kappa shape index (κ2) is 8.58. The Balaban J connectivity index is 1.18. The zero-order valence-corrected chi connectivity index (χ0v) is 15.0. The molecule has 3 atom stereocenters. The summed E-state index contributed by atoms with van der Waals surface area (Å²) < 4.78 is 11.8. The number of hydrogen-bond acceptors (Lipinski definition) is 6. The van der Waals surface area contributed by atoms with Crippen LogP contribution in [-0.2, 0) is 16.1 Å². The molecule has 0 radical (unpaired) electrons. The zero-order chi connectivity index (χ0) is 17.6. The van der Waals surface area contributed by atoms with Crippen LogP contribution in [0, 0.1) is 11.8 Å². The second-order valence-corrected chi connectivity index (χ2v) is 7.05. The van der Waals surface area contributed by atoms with Crippen molar-refractivity contribution in [2.45, 2.75) is 12.7 Å². The fourth-order valence-corrected chi connectivity index (χ4v) is 3.84. The van der Waals surface area contributed by atoms with Gasteiger partial charge in [0.1, 0.15) is 0 Å². The van der Waals surface area contributed by atoms with E-state index in [9.17, 15) is 0 Å². The van der Waals surface area contributed by atoms with Gasteiger partial charge in [-0.05, 0) is 11.6 Å². The SMILES string of the molecule is c1ccc(COCCN2C[C@@H]3[C@@H](CNc4ncccn4)CO[C@@H]3C2)cc1. The van der Waals surface area contributed by atoms with Crippen LogP contribution in [0.3, 0.4) is 0 Å². The van der Waals surface area contributed by atoms with E-state index in [1.807, 2.05) is 24.3 Å². The number of hydrogen-bond donors (Lipinski definition) is 1. The number of fused-ring (bicyclic) bond motifs is 1. The standard InChI is InChI=1S/C20H26N4O2/c1-2-5-16(6-3-1)14-25-10-9-24-12-18-17(15-26-19(18)13-24)11-23-20-21-7-4-8-22-20/h1-8,17-19H,9-15H2,(H,21,22,23)/t17-,18+,19+/m0/s1. The molecule has 1 N–H and O–H groups in total. The van der Waals surface area contributed by atoms with Crippen molar-refractivity contribution < 1.29 is 9.47 Å². The third kappa shape index (κ3) is 4.38. The van der Waals surface area contributed by atoms with Crippen LogP contribution >= 0.6 is 0 Å². The molecule has 2 aliphatic rings. The van der Waals surface area contributed by atoms with Crippen molar-refractivity contribution in [3.05, 3.63) is 54.4 Å². The monoisotopic (exact) mass is 354 g/mol. The Hall–Kier alpha value is -2.02. The Morgan fingerprint density at radius 3 is 2.81 bits per heavy atom. The Kier molecular flexibility index (Phi) is 5.74. The summed E-state index contributed by atoms with van der Waals surface area (Å²) in [7, 11) is 0. The highest BCUT2D eigenvalue weighted by atomic mass is 16.5. The molecule has 0 amide bonds. The largest absolute Gasteiger partial charge is 0.376 e. The summed E-state index contributed by atoms with van der Waals surface area (Å²) in [6.07, 6.45) is 3.87. The van der Waals surface area contributed by atoms with Crippen LogP contribution in [0.1, 0.15) is 5.56 Å². The van der Waals surface area contributed by atoms with Gasteiger partial charge in [0, 0.05) is 50.4 Å². The zero-order valence-electron chi connectivity index (χ0n) is 15.0. The van der Waals surface area contributed by atoms with Gasteiger partial charge in [0.15, 0.2) is 0 Å². The van der Waals surface area contributed by atoms with Gasteiger partial charge in [-0.15, -0.1) is 0 Å². The number of nitrogens with one attached hydrogen (secondary N) is 1. The van der Waals surface area contributed by atoms with E-state index in [0.29, 0.717) is 30.5 Å². The Morgan fingerprint density at radius 1 is 1.12 bits per heavy atom. The van der Waals surface area contributed by atoms with E-state index in [4.69, 9.17) is 9.47 Å². The summed E-state index contributed by atoms with van der Waals surface area (Å²) in [5, 5.41) is 3.34. The van der Waals surface area contributed by atoms with Crippen molar-refractivity contribution in [2.75, 3.05) is 44.7 Å². The Morgan fingerprint density at radius 2 is 1.96 bits per heavy atom. The van der Waals surface area contributed by atoms with Crippen molar-refractivity contribution in [2.24, 2.45) is 11.8 Å². The molecule has 2 aromatic rings. The Bertz CT molecular complexity index is 670. The first-order chi connectivity index (χ1) is 12.9. The molecule has 1 aromatic carbocycles. The fraction of sp³-hybridized carbons (Fsp3) is 0.500. The van der Waals surface area contributed by atoms with Crippen LogP contribution in [0.2, 0.25) is 0 Å². The molecule has 1 aromatic heterocycles. The third-order valence-corrected chi connectivity index (χ3v) is 5.27. The molecule has 3 heterocycles. The van der Waals surface area contributed by atoms with Gasteiger partial charge >= 0.3 is 0 Å². The average molecular weight is 354 g/mol. The van der Waals surface area contributed by atoms with Gasteiger partial charge in [0.25, 0.3) is 0 Å². The highest BCUT2D eigenvalue weighted by molar-refractivity contribution is 5.22. The van der Waals surface area contributed by atoms with Crippen LogP contribution < -0.4 is 5.32 Å². The van der Waals surface area contributed by atoms with Gasteiger partial charge in [-0.1, -0.05) is 30.3 Å². The number of aromatic nitrogens is 2. The molecule has 26 heavy (non-hydrogen) atoms. The molecule has 6 nitrogen and oxygen atoms in total. The normalized spacial score (nSPS) is 25.3. The van der Waals surface area contributed by atoms with E-state index in [1.165, 1.54) is 5.56 Å². The molecule has 4 rings (SSSR count). The van der Waals surface area contributed by atoms with E-state index in [1.54, 1.807) is 12.4 Å². The third-order valence-electron chi connectivity index (χ3n) is 5.27. The van der Waals surface area contributed by atoms with Crippen LogP contribution in [-0.4, -0.2) is 60.4 Å².